The Hall–Kier alpha value is -0.900. The van der Waals surface area contributed by atoms with Gasteiger partial charge in [0, 0.05) is 0 Å². The predicted molar refractivity (Wildman–Crippen MR) is 81.4 cm³/mol. The van der Waals surface area contributed by atoms with Crippen molar-refractivity contribution < 1.29 is 9.84 Å². The second-order valence-electron chi connectivity index (χ2n) is 6.05. The molecule has 20 heavy (non-hydrogen) atoms. The molecule has 3 unspecified atom stereocenters. The third kappa shape index (κ3) is 3.81. The maximum atomic E-state index is 9.66. The van der Waals surface area contributed by atoms with Crippen LogP contribution in [-0.2, 0) is 10.3 Å². The van der Waals surface area contributed by atoms with Crippen molar-refractivity contribution in [3.8, 4) is 0 Å². The molecule has 0 aliphatic heterocycles. The summed E-state index contributed by atoms with van der Waals surface area (Å²) in [5.41, 5.74) is 6.47. The molecule has 3 nitrogen and oxygen atoms in total. The average Bonchev–Trinajstić information content (AvgIpc) is 2.53. The number of hydrogen-bond acceptors (Lipinski definition) is 3. The van der Waals surface area contributed by atoms with E-state index in [1.54, 1.807) is 0 Å². The lowest BCUT2D eigenvalue weighted by atomic mass is 9.85. The monoisotopic (exact) mass is 277 g/mol. The van der Waals surface area contributed by atoms with E-state index in [1.165, 1.54) is 19.3 Å². The number of nitrogens with two attached hydrogens (primary N) is 1. The molecule has 1 saturated carbocycles. The summed E-state index contributed by atoms with van der Waals surface area (Å²) in [6.45, 7) is 2.54. The molecule has 0 heterocycles. The summed E-state index contributed by atoms with van der Waals surface area (Å²) < 4.78 is 6.04. The molecular formula is C17H27NO2. The van der Waals surface area contributed by atoms with Crippen LogP contribution in [0.5, 0.6) is 0 Å². The van der Waals surface area contributed by atoms with E-state index < -0.39 is 5.54 Å². The summed E-state index contributed by atoms with van der Waals surface area (Å²) in [4.78, 5) is 0. The Labute approximate surface area is 122 Å². The Morgan fingerprint density at radius 2 is 2.05 bits per heavy atom. The summed E-state index contributed by atoms with van der Waals surface area (Å²) in [5, 5.41) is 9.66. The zero-order valence-corrected chi connectivity index (χ0v) is 12.4. The number of ether oxygens (including phenoxy) is 1. The molecule has 1 aromatic rings. The molecule has 1 aliphatic carbocycles. The number of rotatable bonds is 6. The van der Waals surface area contributed by atoms with Crippen LogP contribution in [-0.4, -0.2) is 24.4 Å². The first kappa shape index (κ1) is 15.5. The number of hydrogen-bond donors (Lipinski definition) is 2. The van der Waals surface area contributed by atoms with Gasteiger partial charge >= 0.3 is 0 Å². The quantitative estimate of drug-likeness (QED) is 0.840. The van der Waals surface area contributed by atoms with E-state index in [0.29, 0.717) is 12.7 Å². The Morgan fingerprint density at radius 1 is 1.30 bits per heavy atom. The SMILES string of the molecule is CCC1CCCC(OCC(N)(CO)c2ccccc2)C1. The second kappa shape index (κ2) is 7.21. The number of benzene rings is 1. The molecule has 1 aromatic carbocycles. The van der Waals surface area contributed by atoms with Crippen molar-refractivity contribution in [2.45, 2.75) is 50.7 Å². The maximum Gasteiger partial charge on any atom is 0.0881 e. The van der Waals surface area contributed by atoms with Gasteiger partial charge in [-0.25, -0.2) is 0 Å². The van der Waals surface area contributed by atoms with Crippen LogP contribution in [0.1, 0.15) is 44.6 Å². The lowest BCUT2D eigenvalue weighted by molar-refractivity contribution is -0.0251. The summed E-state index contributed by atoms with van der Waals surface area (Å²) in [6, 6.07) is 9.75. The van der Waals surface area contributed by atoms with Gasteiger partial charge in [-0.1, -0.05) is 56.5 Å². The molecule has 0 saturated heterocycles. The Bertz CT molecular complexity index is 395. The van der Waals surface area contributed by atoms with Crippen LogP contribution < -0.4 is 5.73 Å². The van der Waals surface area contributed by atoms with Gasteiger partial charge in [-0.3, -0.25) is 0 Å². The van der Waals surface area contributed by atoms with Crippen LogP contribution in [0.15, 0.2) is 30.3 Å². The van der Waals surface area contributed by atoms with Gasteiger partial charge in [0.25, 0.3) is 0 Å². The minimum absolute atomic E-state index is 0.0963. The van der Waals surface area contributed by atoms with Crippen molar-refractivity contribution in [2.75, 3.05) is 13.2 Å². The van der Waals surface area contributed by atoms with Gasteiger partial charge in [-0.15, -0.1) is 0 Å². The summed E-state index contributed by atoms with van der Waals surface area (Å²) in [5.74, 6) is 0.784. The zero-order chi connectivity index (χ0) is 14.4. The summed E-state index contributed by atoms with van der Waals surface area (Å²) >= 11 is 0. The van der Waals surface area contributed by atoms with Crippen LogP contribution in [0.2, 0.25) is 0 Å². The molecule has 1 fully saturated rings. The van der Waals surface area contributed by atoms with Gasteiger partial charge in [0.15, 0.2) is 0 Å². The third-order valence-corrected chi connectivity index (χ3v) is 4.52. The molecule has 112 valence electrons. The van der Waals surface area contributed by atoms with Crippen molar-refractivity contribution in [1.29, 1.82) is 0 Å². The van der Waals surface area contributed by atoms with Crippen LogP contribution in [0.4, 0.5) is 0 Å². The fourth-order valence-corrected chi connectivity index (χ4v) is 3.02. The van der Waals surface area contributed by atoms with Crippen LogP contribution in [0.25, 0.3) is 0 Å². The first-order chi connectivity index (χ1) is 9.68. The molecule has 0 aromatic heterocycles. The van der Waals surface area contributed by atoms with Crippen molar-refractivity contribution in [2.24, 2.45) is 11.7 Å². The largest absolute Gasteiger partial charge is 0.394 e. The topological polar surface area (TPSA) is 55.5 Å². The molecular weight excluding hydrogens is 250 g/mol. The minimum atomic E-state index is -0.791. The molecule has 0 spiro atoms. The molecule has 2 rings (SSSR count). The van der Waals surface area contributed by atoms with E-state index >= 15 is 0 Å². The van der Waals surface area contributed by atoms with Crippen molar-refractivity contribution >= 4 is 0 Å². The van der Waals surface area contributed by atoms with E-state index in [0.717, 1.165) is 24.3 Å². The normalized spacial score (nSPS) is 26.1. The Kier molecular flexibility index (Phi) is 5.58. The van der Waals surface area contributed by atoms with Crippen molar-refractivity contribution in [3.05, 3.63) is 35.9 Å². The fraction of sp³-hybridized carbons (Fsp3) is 0.647. The first-order valence-electron chi connectivity index (χ1n) is 7.75. The van der Waals surface area contributed by atoms with E-state index in [9.17, 15) is 5.11 Å². The van der Waals surface area contributed by atoms with E-state index in [2.05, 4.69) is 6.92 Å². The lowest BCUT2D eigenvalue weighted by Gasteiger charge is -2.33. The van der Waals surface area contributed by atoms with E-state index in [-0.39, 0.29) is 6.61 Å². The molecule has 0 amide bonds. The highest BCUT2D eigenvalue weighted by Gasteiger charge is 2.29. The lowest BCUT2D eigenvalue weighted by Crippen LogP contribution is -2.46. The maximum absolute atomic E-state index is 9.66. The summed E-state index contributed by atoms with van der Waals surface area (Å²) in [6.07, 6.45) is 6.34. The van der Waals surface area contributed by atoms with Gasteiger partial charge in [0.2, 0.25) is 0 Å². The molecule has 0 radical (unpaired) electrons. The van der Waals surface area contributed by atoms with Gasteiger partial charge in [0.1, 0.15) is 0 Å². The van der Waals surface area contributed by atoms with Crippen LogP contribution >= 0.6 is 0 Å². The molecule has 0 bridgehead atoms. The van der Waals surface area contributed by atoms with E-state index in [4.69, 9.17) is 10.5 Å². The van der Waals surface area contributed by atoms with Crippen molar-refractivity contribution in [1.82, 2.24) is 0 Å². The highest BCUT2D eigenvalue weighted by atomic mass is 16.5. The van der Waals surface area contributed by atoms with Gasteiger partial charge in [0.05, 0.1) is 24.9 Å². The van der Waals surface area contributed by atoms with Gasteiger partial charge in [-0.05, 0) is 24.3 Å². The minimum Gasteiger partial charge on any atom is -0.394 e. The van der Waals surface area contributed by atoms with Crippen molar-refractivity contribution in [3.63, 3.8) is 0 Å². The predicted octanol–water partition coefficient (Wildman–Crippen LogP) is 2.82. The molecule has 3 N–H and O–H groups in total. The third-order valence-electron chi connectivity index (χ3n) is 4.52. The van der Waals surface area contributed by atoms with Crippen LogP contribution in [0, 0.1) is 5.92 Å². The number of aliphatic hydroxyl groups is 1. The second-order valence-corrected chi connectivity index (χ2v) is 6.05. The van der Waals surface area contributed by atoms with Crippen LogP contribution in [0.3, 0.4) is 0 Å². The van der Waals surface area contributed by atoms with E-state index in [1.807, 2.05) is 30.3 Å². The molecule has 3 atom stereocenters. The fourth-order valence-electron chi connectivity index (χ4n) is 3.02. The Morgan fingerprint density at radius 3 is 2.70 bits per heavy atom. The summed E-state index contributed by atoms with van der Waals surface area (Å²) in [7, 11) is 0. The van der Waals surface area contributed by atoms with Gasteiger partial charge in [-0.2, -0.15) is 0 Å². The molecule has 3 heteroatoms. The average molecular weight is 277 g/mol. The van der Waals surface area contributed by atoms with Gasteiger partial charge < -0.3 is 15.6 Å². The molecule has 1 aliphatic rings. The smallest absolute Gasteiger partial charge is 0.0881 e. The first-order valence-corrected chi connectivity index (χ1v) is 7.75. The number of aliphatic hydroxyl groups excluding tert-OH is 1. The highest BCUT2D eigenvalue weighted by Crippen LogP contribution is 2.29. The Balaban J connectivity index is 1.93. The zero-order valence-electron chi connectivity index (χ0n) is 12.4. The standard InChI is InChI=1S/C17H27NO2/c1-2-14-7-6-10-16(11-14)20-13-17(18,12-19)15-8-4-3-5-9-15/h3-5,8-9,14,16,19H,2,6-7,10-13,18H2,1H3. The highest BCUT2D eigenvalue weighted by molar-refractivity contribution is 5.24.